The van der Waals surface area contributed by atoms with Crippen molar-refractivity contribution in [2.45, 2.75) is 13.3 Å². The maximum absolute atomic E-state index is 12.1. The molecule has 0 unspecified atom stereocenters. The molecule has 7 nitrogen and oxygen atoms in total. The highest BCUT2D eigenvalue weighted by Gasteiger charge is 2.13. The van der Waals surface area contributed by atoms with Gasteiger partial charge in [-0.15, -0.1) is 0 Å². The fourth-order valence-electron chi connectivity index (χ4n) is 1.79. The Morgan fingerprint density at radius 1 is 1.38 bits per heavy atom. The number of fused-ring (bicyclic) bond motifs is 1. The number of amides is 1. The molecular weight excluding hydrogens is 274 g/mol. The van der Waals surface area contributed by atoms with Crippen molar-refractivity contribution in [3.05, 3.63) is 46.5 Å². The first-order chi connectivity index (χ1) is 10.1. The molecule has 2 heterocycles. The third-order valence-corrected chi connectivity index (χ3v) is 2.78. The van der Waals surface area contributed by atoms with Crippen molar-refractivity contribution < 1.29 is 14.3 Å². The number of hydrogen-bond acceptors (Lipinski definition) is 5. The number of carbonyl (C=O) groups is 2. The van der Waals surface area contributed by atoms with E-state index >= 15 is 0 Å². The van der Waals surface area contributed by atoms with Crippen LogP contribution >= 0.6 is 0 Å². The third kappa shape index (κ3) is 3.44. The Morgan fingerprint density at radius 2 is 2.19 bits per heavy atom. The lowest BCUT2D eigenvalue weighted by Gasteiger charge is -2.06. The fourth-order valence-corrected chi connectivity index (χ4v) is 1.79. The van der Waals surface area contributed by atoms with Gasteiger partial charge in [-0.2, -0.15) is 0 Å². The first-order valence-corrected chi connectivity index (χ1v) is 6.53. The molecule has 1 amide bonds. The van der Waals surface area contributed by atoms with E-state index < -0.39 is 17.4 Å². The van der Waals surface area contributed by atoms with Crippen LogP contribution in [-0.2, 0) is 9.53 Å². The van der Waals surface area contributed by atoms with E-state index in [2.05, 4.69) is 10.3 Å². The van der Waals surface area contributed by atoms with Crippen molar-refractivity contribution in [2.24, 2.45) is 0 Å². The Morgan fingerprint density at radius 3 is 2.95 bits per heavy atom. The van der Waals surface area contributed by atoms with Gasteiger partial charge in [-0.05, 0) is 19.1 Å². The zero-order chi connectivity index (χ0) is 15.2. The number of nitrogens with zero attached hydrogens (tertiary/aromatic N) is 2. The summed E-state index contributed by atoms with van der Waals surface area (Å²) in [5, 5.41) is 2.50. The molecular formula is C14H15N3O4. The number of ether oxygens (including phenoxy) is 1. The molecule has 0 saturated heterocycles. The summed E-state index contributed by atoms with van der Waals surface area (Å²) >= 11 is 0. The molecule has 110 valence electrons. The minimum absolute atomic E-state index is 0.0575. The molecule has 0 aliphatic heterocycles. The van der Waals surface area contributed by atoms with Gasteiger partial charge in [0.1, 0.15) is 11.2 Å². The predicted molar refractivity (Wildman–Crippen MR) is 75.0 cm³/mol. The van der Waals surface area contributed by atoms with Crippen LogP contribution in [0.25, 0.3) is 5.65 Å². The van der Waals surface area contributed by atoms with Gasteiger partial charge in [0.2, 0.25) is 0 Å². The van der Waals surface area contributed by atoms with Crippen LogP contribution in [0, 0.1) is 0 Å². The van der Waals surface area contributed by atoms with Crippen LogP contribution in [0.15, 0.2) is 35.4 Å². The molecule has 0 saturated carbocycles. The highest BCUT2D eigenvalue weighted by molar-refractivity contribution is 5.93. The van der Waals surface area contributed by atoms with E-state index in [1.807, 2.05) is 0 Å². The van der Waals surface area contributed by atoms with E-state index in [0.717, 1.165) is 0 Å². The maximum Gasteiger partial charge on any atom is 0.307 e. The predicted octanol–water partition coefficient (Wildman–Crippen LogP) is 0.377. The highest BCUT2D eigenvalue weighted by Crippen LogP contribution is 1.97. The number of pyridine rings is 1. The van der Waals surface area contributed by atoms with Crippen molar-refractivity contribution in [1.29, 1.82) is 0 Å². The van der Waals surface area contributed by atoms with Crippen molar-refractivity contribution in [3.63, 3.8) is 0 Å². The first-order valence-electron chi connectivity index (χ1n) is 6.53. The Hall–Kier alpha value is -2.70. The summed E-state index contributed by atoms with van der Waals surface area (Å²) in [5.41, 5.74) is -0.0534. The molecule has 0 radical (unpaired) electrons. The fraction of sp³-hybridized carbons (Fsp3) is 0.286. The second kappa shape index (κ2) is 6.65. The zero-order valence-corrected chi connectivity index (χ0v) is 11.5. The molecule has 0 fully saturated rings. The van der Waals surface area contributed by atoms with E-state index in [1.165, 1.54) is 10.6 Å². The van der Waals surface area contributed by atoms with Gasteiger partial charge in [-0.3, -0.25) is 18.8 Å². The summed E-state index contributed by atoms with van der Waals surface area (Å²) in [7, 11) is 0. The van der Waals surface area contributed by atoms with Gasteiger partial charge in [0.05, 0.1) is 13.0 Å². The number of esters is 1. The topological polar surface area (TPSA) is 89.8 Å². The Bertz CT molecular complexity index is 723. The van der Waals surface area contributed by atoms with Crippen LogP contribution in [0.3, 0.4) is 0 Å². The van der Waals surface area contributed by atoms with Crippen molar-refractivity contribution in [3.8, 4) is 0 Å². The summed E-state index contributed by atoms with van der Waals surface area (Å²) in [6.45, 7) is 2.11. The second-order valence-corrected chi connectivity index (χ2v) is 4.22. The Balaban J connectivity index is 2.08. The molecule has 21 heavy (non-hydrogen) atoms. The monoisotopic (exact) mass is 289 g/mol. The first kappa shape index (κ1) is 14.7. The molecule has 0 aromatic carbocycles. The second-order valence-electron chi connectivity index (χ2n) is 4.22. The summed E-state index contributed by atoms with van der Waals surface area (Å²) < 4.78 is 6.03. The van der Waals surface area contributed by atoms with Gasteiger partial charge < -0.3 is 10.1 Å². The number of rotatable bonds is 5. The molecule has 0 aliphatic rings. The van der Waals surface area contributed by atoms with E-state index in [-0.39, 0.29) is 18.5 Å². The standard InChI is InChI=1S/C14H15N3O4/c1-2-21-12(18)6-7-15-13(19)10-9-16-11-5-3-4-8-17(11)14(10)20/h3-5,8-9H,2,6-7H2,1H3,(H,15,19). The molecule has 0 aliphatic carbocycles. The zero-order valence-electron chi connectivity index (χ0n) is 11.5. The molecule has 0 atom stereocenters. The molecule has 1 N–H and O–H groups in total. The quantitative estimate of drug-likeness (QED) is 0.804. The van der Waals surface area contributed by atoms with Crippen LogP contribution in [-0.4, -0.2) is 34.4 Å². The van der Waals surface area contributed by atoms with Crippen molar-refractivity contribution >= 4 is 17.5 Å². The molecule has 2 aromatic rings. The minimum Gasteiger partial charge on any atom is -0.466 e. The summed E-state index contributed by atoms with van der Waals surface area (Å²) in [6.07, 6.45) is 2.83. The van der Waals surface area contributed by atoms with E-state index in [9.17, 15) is 14.4 Å². The largest absolute Gasteiger partial charge is 0.466 e. The van der Waals surface area contributed by atoms with Crippen molar-refractivity contribution in [2.75, 3.05) is 13.2 Å². The number of nitrogens with one attached hydrogen (secondary N) is 1. The van der Waals surface area contributed by atoms with Crippen LogP contribution < -0.4 is 10.9 Å². The summed E-state index contributed by atoms with van der Waals surface area (Å²) in [5.74, 6) is -0.957. The molecule has 0 bridgehead atoms. The van der Waals surface area contributed by atoms with Crippen molar-refractivity contribution in [1.82, 2.24) is 14.7 Å². The summed E-state index contributed by atoms with van der Waals surface area (Å²) in [6, 6.07) is 5.10. The van der Waals surface area contributed by atoms with Gasteiger partial charge in [-0.1, -0.05) is 6.07 Å². The molecule has 7 heteroatoms. The SMILES string of the molecule is CCOC(=O)CCNC(=O)c1cnc2ccccn2c1=O. The summed E-state index contributed by atoms with van der Waals surface area (Å²) in [4.78, 5) is 39.3. The van der Waals surface area contributed by atoms with Crippen LogP contribution in [0.1, 0.15) is 23.7 Å². The average Bonchev–Trinajstić information content (AvgIpc) is 2.48. The smallest absolute Gasteiger partial charge is 0.307 e. The number of carbonyl (C=O) groups excluding carboxylic acids is 2. The van der Waals surface area contributed by atoms with E-state index in [0.29, 0.717) is 12.3 Å². The lowest BCUT2D eigenvalue weighted by molar-refractivity contribution is -0.142. The van der Waals surface area contributed by atoms with E-state index in [4.69, 9.17) is 4.74 Å². The molecule has 2 rings (SSSR count). The van der Waals surface area contributed by atoms with E-state index in [1.54, 1.807) is 31.3 Å². The minimum atomic E-state index is -0.560. The van der Waals surface area contributed by atoms with Gasteiger partial charge >= 0.3 is 5.97 Å². The number of aromatic nitrogens is 2. The third-order valence-electron chi connectivity index (χ3n) is 2.78. The maximum atomic E-state index is 12.1. The lowest BCUT2D eigenvalue weighted by atomic mass is 10.3. The number of hydrogen-bond donors (Lipinski definition) is 1. The Labute approximate surface area is 120 Å². The van der Waals surface area contributed by atoms with Gasteiger partial charge in [0.25, 0.3) is 11.5 Å². The molecule has 0 spiro atoms. The lowest BCUT2D eigenvalue weighted by Crippen LogP contribution is -2.33. The highest BCUT2D eigenvalue weighted by atomic mass is 16.5. The normalized spacial score (nSPS) is 10.3. The van der Waals surface area contributed by atoms with Gasteiger partial charge in [0, 0.05) is 18.9 Å². The van der Waals surface area contributed by atoms with Gasteiger partial charge in [-0.25, -0.2) is 4.98 Å². The molecule has 2 aromatic heterocycles. The van der Waals surface area contributed by atoms with Crippen LogP contribution in [0.5, 0.6) is 0 Å². The Kier molecular flexibility index (Phi) is 4.65. The van der Waals surface area contributed by atoms with Crippen LogP contribution in [0.4, 0.5) is 0 Å². The average molecular weight is 289 g/mol. The van der Waals surface area contributed by atoms with Gasteiger partial charge in [0.15, 0.2) is 0 Å². The van der Waals surface area contributed by atoms with Crippen LogP contribution in [0.2, 0.25) is 0 Å².